The standard InChI is InChI=1S/C27H34ClN3O3/c1-4-23(19-8-6-5-7-9-19)27(34)31-16-14-22(15-17-31)29-26(33)24(18(2)3)30-25(32)20-10-12-21(28)13-11-20/h5-13,18,22-24H,4,14-17H2,1-3H3,(H,29,33)(H,30,32). The van der Waals surface area contributed by atoms with Gasteiger partial charge in [-0.3, -0.25) is 14.4 Å². The Kier molecular flexibility index (Phi) is 9.11. The monoisotopic (exact) mass is 483 g/mol. The van der Waals surface area contributed by atoms with Gasteiger partial charge in [0.15, 0.2) is 0 Å². The number of hydrogen-bond donors (Lipinski definition) is 2. The molecular weight excluding hydrogens is 450 g/mol. The van der Waals surface area contributed by atoms with Crippen LogP contribution < -0.4 is 10.6 Å². The van der Waals surface area contributed by atoms with Gasteiger partial charge in [-0.25, -0.2) is 0 Å². The molecule has 6 nitrogen and oxygen atoms in total. The van der Waals surface area contributed by atoms with Crippen molar-refractivity contribution in [3.63, 3.8) is 0 Å². The van der Waals surface area contributed by atoms with Crippen LogP contribution >= 0.6 is 11.6 Å². The molecule has 2 N–H and O–H groups in total. The van der Waals surface area contributed by atoms with Gasteiger partial charge in [-0.2, -0.15) is 0 Å². The normalized spacial score (nSPS) is 16.1. The molecule has 0 radical (unpaired) electrons. The highest BCUT2D eigenvalue weighted by Gasteiger charge is 2.31. The zero-order chi connectivity index (χ0) is 24.7. The lowest BCUT2D eigenvalue weighted by Crippen LogP contribution is -2.54. The number of nitrogens with one attached hydrogen (secondary N) is 2. The zero-order valence-corrected chi connectivity index (χ0v) is 20.8. The predicted octanol–water partition coefficient (Wildman–Crippen LogP) is 4.40. The van der Waals surface area contributed by atoms with E-state index >= 15 is 0 Å². The van der Waals surface area contributed by atoms with Crippen LogP contribution in [-0.4, -0.2) is 47.8 Å². The summed E-state index contributed by atoms with van der Waals surface area (Å²) in [6, 6.07) is 15.8. The number of rotatable bonds is 8. The van der Waals surface area contributed by atoms with Crippen molar-refractivity contribution in [2.45, 2.75) is 58.0 Å². The molecule has 3 amide bonds. The Balaban J connectivity index is 1.54. The number of amides is 3. The van der Waals surface area contributed by atoms with Crippen LogP contribution in [0.3, 0.4) is 0 Å². The van der Waals surface area contributed by atoms with Gasteiger partial charge in [0, 0.05) is 29.7 Å². The van der Waals surface area contributed by atoms with Gasteiger partial charge in [-0.05, 0) is 55.0 Å². The van der Waals surface area contributed by atoms with E-state index in [0.29, 0.717) is 36.5 Å². The Hall–Kier alpha value is -2.86. The maximum Gasteiger partial charge on any atom is 0.251 e. The number of nitrogens with zero attached hydrogens (tertiary/aromatic N) is 1. The van der Waals surface area contributed by atoms with Crippen LogP contribution in [0, 0.1) is 5.92 Å². The molecule has 1 aliphatic rings. The van der Waals surface area contributed by atoms with Crippen LogP contribution in [-0.2, 0) is 9.59 Å². The van der Waals surface area contributed by atoms with E-state index in [0.717, 1.165) is 12.0 Å². The van der Waals surface area contributed by atoms with E-state index in [4.69, 9.17) is 11.6 Å². The minimum atomic E-state index is -0.648. The maximum absolute atomic E-state index is 13.1. The second-order valence-electron chi connectivity index (χ2n) is 9.18. The fourth-order valence-electron chi connectivity index (χ4n) is 4.35. The van der Waals surface area contributed by atoms with Gasteiger partial charge in [0.1, 0.15) is 6.04 Å². The Morgan fingerprint density at radius 1 is 1.00 bits per heavy atom. The summed E-state index contributed by atoms with van der Waals surface area (Å²) in [5.74, 6) is -0.570. The molecule has 2 aromatic carbocycles. The van der Waals surface area contributed by atoms with Crippen molar-refractivity contribution in [1.29, 1.82) is 0 Å². The molecule has 0 saturated carbocycles. The first-order valence-electron chi connectivity index (χ1n) is 12.0. The Morgan fingerprint density at radius 2 is 1.62 bits per heavy atom. The SMILES string of the molecule is CCC(C(=O)N1CCC(NC(=O)C(NC(=O)c2ccc(Cl)cc2)C(C)C)CC1)c1ccccc1. The minimum Gasteiger partial charge on any atom is -0.351 e. The predicted molar refractivity (Wildman–Crippen MR) is 135 cm³/mol. The molecule has 34 heavy (non-hydrogen) atoms. The highest BCUT2D eigenvalue weighted by molar-refractivity contribution is 6.30. The number of hydrogen-bond acceptors (Lipinski definition) is 3. The lowest BCUT2D eigenvalue weighted by molar-refractivity contribution is -0.134. The summed E-state index contributed by atoms with van der Waals surface area (Å²) in [4.78, 5) is 40.6. The smallest absolute Gasteiger partial charge is 0.251 e. The Bertz CT molecular complexity index is 970. The van der Waals surface area contributed by atoms with E-state index < -0.39 is 6.04 Å². The maximum atomic E-state index is 13.1. The summed E-state index contributed by atoms with van der Waals surface area (Å²) >= 11 is 5.90. The summed E-state index contributed by atoms with van der Waals surface area (Å²) in [7, 11) is 0. The van der Waals surface area contributed by atoms with Gasteiger partial charge in [-0.1, -0.05) is 62.7 Å². The fraction of sp³-hybridized carbons (Fsp3) is 0.444. The lowest BCUT2D eigenvalue weighted by Gasteiger charge is -2.35. The molecule has 182 valence electrons. The van der Waals surface area contributed by atoms with Crippen molar-refractivity contribution in [3.05, 3.63) is 70.7 Å². The summed E-state index contributed by atoms with van der Waals surface area (Å²) in [5.41, 5.74) is 1.50. The second-order valence-corrected chi connectivity index (χ2v) is 9.62. The first-order valence-corrected chi connectivity index (χ1v) is 12.4. The Morgan fingerprint density at radius 3 is 2.18 bits per heavy atom. The number of carbonyl (C=O) groups excluding carboxylic acids is 3. The summed E-state index contributed by atoms with van der Waals surface area (Å²) in [6.07, 6.45) is 2.14. The molecule has 7 heteroatoms. The molecule has 0 aromatic heterocycles. The molecule has 1 aliphatic heterocycles. The quantitative estimate of drug-likeness (QED) is 0.584. The molecule has 0 spiro atoms. The second kappa shape index (κ2) is 12.0. The van der Waals surface area contributed by atoms with E-state index in [1.165, 1.54) is 0 Å². The molecule has 0 bridgehead atoms. The van der Waals surface area contributed by atoms with Gasteiger partial charge in [-0.15, -0.1) is 0 Å². The van der Waals surface area contributed by atoms with Crippen molar-refractivity contribution in [2.75, 3.05) is 13.1 Å². The van der Waals surface area contributed by atoms with Crippen molar-refractivity contribution < 1.29 is 14.4 Å². The van der Waals surface area contributed by atoms with Gasteiger partial charge >= 0.3 is 0 Å². The fourth-order valence-corrected chi connectivity index (χ4v) is 4.48. The number of carbonyl (C=O) groups is 3. The van der Waals surface area contributed by atoms with E-state index in [1.54, 1.807) is 24.3 Å². The number of likely N-dealkylation sites (tertiary alicyclic amines) is 1. The van der Waals surface area contributed by atoms with Crippen LogP contribution in [0.4, 0.5) is 0 Å². The molecule has 1 heterocycles. The average Bonchev–Trinajstić information content (AvgIpc) is 2.84. The molecule has 1 saturated heterocycles. The van der Waals surface area contributed by atoms with E-state index in [9.17, 15) is 14.4 Å². The first kappa shape index (κ1) is 25.8. The number of piperidine rings is 1. The van der Waals surface area contributed by atoms with Crippen LogP contribution in [0.1, 0.15) is 61.9 Å². The Labute approximate surface area is 207 Å². The van der Waals surface area contributed by atoms with E-state index in [-0.39, 0.29) is 35.6 Å². The van der Waals surface area contributed by atoms with Gasteiger partial charge in [0.05, 0.1) is 5.92 Å². The topological polar surface area (TPSA) is 78.5 Å². The average molecular weight is 484 g/mol. The number of halogens is 1. The summed E-state index contributed by atoms with van der Waals surface area (Å²) in [5, 5.41) is 6.49. The van der Waals surface area contributed by atoms with Gasteiger partial charge in [0.2, 0.25) is 11.8 Å². The third-order valence-corrected chi connectivity index (χ3v) is 6.66. The highest BCUT2D eigenvalue weighted by atomic mass is 35.5. The van der Waals surface area contributed by atoms with Crippen LogP contribution in [0.15, 0.2) is 54.6 Å². The summed E-state index contributed by atoms with van der Waals surface area (Å²) in [6.45, 7) is 7.06. The van der Waals surface area contributed by atoms with Crippen molar-refractivity contribution >= 4 is 29.3 Å². The van der Waals surface area contributed by atoms with Crippen LogP contribution in [0.2, 0.25) is 5.02 Å². The van der Waals surface area contributed by atoms with E-state index in [2.05, 4.69) is 10.6 Å². The lowest BCUT2D eigenvalue weighted by atomic mass is 9.93. The van der Waals surface area contributed by atoms with Crippen molar-refractivity contribution in [3.8, 4) is 0 Å². The van der Waals surface area contributed by atoms with Crippen molar-refractivity contribution in [1.82, 2.24) is 15.5 Å². The third kappa shape index (κ3) is 6.60. The van der Waals surface area contributed by atoms with Gasteiger partial charge < -0.3 is 15.5 Å². The van der Waals surface area contributed by atoms with Crippen molar-refractivity contribution in [2.24, 2.45) is 5.92 Å². The first-order chi connectivity index (χ1) is 16.3. The third-order valence-electron chi connectivity index (χ3n) is 6.40. The van der Waals surface area contributed by atoms with Gasteiger partial charge in [0.25, 0.3) is 5.91 Å². The van der Waals surface area contributed by atoms with Crippen LogP contribution in [0.5, 0.6) is 0 Å². The summed E-state index contributed by atoms with van der Waals surface area (Å²) < 4.78 is 0. The van der Waals surface area contributed by atoms with Crippen LogP contribution in [0.25, 0.3) is 0 Å². The molecule has 3 rings (SSSR count). The largest absolute Gasteiger partial charge is 0.351 e. The molecule has 2 atom stereocenters. The highest BCUT2D eigenvalue weighted by Crippen LogP contribution is 2.24. The molecule has 1 fully saturated rings. The van der Waals surface area contributed by atoms with E-state index in [1.807, 2.05) is 56.0 Å². The minimum absolute atomic E-state index is 0.0259. The number of benzene rings is 2. The molecular formula is C27H34ClN3O3. The molecule has 2 aromatic rings. The molecule has 0 aliphatic carbocycles. The molecule has 2 unspecified atom stereocenters. The zero-order valence-electron chi connectivity index (χ0n) is 20.1.